The Kier molecular flexibility index (Phi) is 10.1. The van der Waals surface area contributed by atoms with E-state index in [9.17, 15) is 38.4 Å². The van der Waals surface area contributed by atoms with Crippen molar-refractivity contribution >= 4 is 47.5 Å². The number of aryl methyl sites for hydroxylation is 1. The van der Waals surface area contributed by atoms with E-state index in [0.717, 1.165) is 9.80 Å². The first-order valence-corrected chi connectivity index (χ1v) is 15.3. The van der Waals surface area contributed by atoms with Gasteiger partial charge in [-0.1, -0.05) is 0 Å². The number of carbonyl (C=O) groups excluding carboxylic acids is 8. The van der Waals surface area contributed by atoms with Crippen molar-refractivity contribution in [2.45, 2.75) is 34.6 Å². The number of amides is 4. The molecule has 0 atom stereocenters. The molecule has 51 heavy (non-hydrogen) atoms. The van der Waals surface area contributed by atoms with Crippen molar-refractivity contribution in [1.82, 2.24) is 9.80 Å². The fraction of sp³-hybridized carbons (Fsp3) is 0.189. The van der Waals surface area contributed by atoms with Gasteiger partial charge < -0.3 is 18.9 Å². The van der Waals surface area contributed by atoms with Crippen LogP contribution in [0.15, 0.2) is 89.0 Å². The van der Waals surface area contributed by atoms with Crippen molar-refractivity contribution in [2.24, 2.45) is 0 Å². The third-order valence-corrected chi connectivity index (χ3v) is 8.31. The maximum Gasteiger partial charge on any atom is 0.343 e. The first-order valence-electron chi connectivity index (χ1n) is 15.3. The molecule has 0 aliphatic carbocycles. The molecule has 0 N–H and O–H groups in total. The third kappa shape index (κ3) is 7.34. The molecule has 0 fully saturated rings. The number of hydrogen-bond acceptors (Lipinski definition) is 12. The number of benzene rings is 3. The van der Waals surface area contributed by atoms with Gasteiger partial charge in [-0.05, 0) is 107 Å². The summed E-state index contributed by atoms with van der Waals surface area (Å²) in [6.45, 7) is 6.60. The third-order valence-electron chi connectivity index (χ3n) is 8.31. The summed E-state index contributed by atoms with van der Waals surface area (Å²) in [7, 11) is 0. The van der Waals surface area contributed by atoms with Crippen molar-refractivity contribution in [1.29, 1.82) is 0 Å². The Balaban J connectivity index is 1.11. The van der Waals surface area contributed by atoms with E-state index in [4.69, 9.17) is 18.9 Å². The second-order valence-electron chi connectivity index (χ2n) is 11.6. The minimum Gasteiger partial charge on any atom is -0.440 e. The quantitative estimate of drug-likeness (QED) is 0.169. The fourth-order valence-corrected chi connectivity index (χ4v) is 4.89. The molecule has 260 valence electrons. The second-order valence-corrected chi connectivity index (χ2v) is 11.6. The molecule has 0 spiro atoms. The van der Waals surface area contributed by atoms with E-state index < -0.39 is 61.0 Å². The van der Waals surface area contributed by atoms with E-state index in [1.165, 1.54) is 94.4 Å². The summed E-state index contributed by atoms with van der Waals surface area (Å²) in [5.41, 5.74) is 2.01. The zero-order valence-electron chi connectivity index (χ0n) is 28.1. The van der Waals surface area contributed by atoms with E-state index in [0.29, 0.717) is 5.56 Å². The van der Waals surface area contributed by atoms with Crippen LogP contribution in [0.4, 0.5) is 0 Å². The van der Waals surface area contributed by atoms with Crippen LogP contribution >= 0.6 is 0 Å². The van der Waals surface area contributed by atoms with Crippen molar-refractivity contribution in [3.63, 3.8) is 0 Å². The molecule has 5 rings (SSSR count). The Morgan fingerprint density at radius 3 is 1.16 bits per heavy atom. The molecule has 14 nitrogen and oxygen atoms in total. The summed E-state index contributed by atoms with van der Waals surface area (Å²) in [4.78, 5) is 101. The molecular weight excluding hydrogens is 664 g/mol. The van der Waals surface area contributed by atoms with Gasteiger partial charge in [-0.3, -0.25) is 19.2 Å². The van der Waals surface area contributed by atoms with Gasteiger partial charge in [-0.25, -0.2) is 29.0 Å². The standard InChI is InChI=1S/C37H30N2O12/c1-19-16-28(50-36(46)26-10-6-24(7-11-26)34(44)48-17-38-30(40)20(2)21(3)31(38)41)14-15-29(19)51-37(47)27-12-8-25(9-13-27)35(45)49-18-39-32(42)22(4)23(5)33(39)43/h6-16H,17-18H2,1-5H3. The summed E-state index contributed by atoms with van der Waals surface area (Å²) in [6.07, 6.45) is 0. The molecule has 14 heteroatoms. The normalized spacial score (nSPS) is 14.4. The van der Waals surface area contributed by atoms with Gasteiger partial charge in [0.2, 0.25) is 0 Å². The highest BCUT2D eigenvalue weighted by atomic mass is 16.6. The van der Waals surface area contributed by atoms with Gasteiger partial charge >= 0.3 is 23.9 Å². The molecule has 4 amide bonds. The molecule has 2 aliphatic rings. The van der Waals surface area contributed by atoms with Crippen LogP contribution in [-0.4, -0.2) is 70.8 Å². The van der Waals surface area contributed by atoms with Crippen molar-refractivity contribution in [3.8, 4) is 11.5 Å². The topological polar surface area (TPSA) is 180 Å². The molecular formula is C37H30N2O12. The maximum atomic E-state index is 12.8. The van der Waals surface area contributed by atoms with Crippen molar-refractivity contribution in [3.05, 3.63) is 117 Å². The van der Waals surface area contributed by atoms with Crippen LogP contribution in [0.25, 0.3) is 0 Å². The first kappa shape index (κ1) is 35.6. The molecule has 0 unspecified atom stereocenters. The number of hydrogen-bond donors (Lipinski definition) is 0. The fourth-order valence-electron chi connectivity index (χ4n) is 4.89. The van der Waals surface area contributed by atoms with Gasteiger partial charge in [0.05, 0.1) is 22.3 Å². The lowest BCUT2D eigenvalue weighted by Gasteiger charge is -2.15. The minimum atomic E-state index is -0.801. The summed E-state index contributed by atoms with van der Waals surface area (Å²) < 4.78 is 21.1. The molecule has 0 radical (unpaired) electrons. The zero-order valence-corrected chi connectivity index (χ0v) is 28.1. The van der Waals surface area contributed by atoms with E-state index in [-0.39, 0.29) is 56.0 Å². The molecule has 0 saturated heterocycles. The Morgan fingerprint density at radius 1 is 0.471 bits per heavy atom. The molecule has 3 aromatic rings. The summed E-state index contributed by atoms with van der Waals surface area (Å²) in [5, 5.41) is 0. The first-order chi connectivity index (χ1) is 24.2. The Bertz CT molecular complexity index is 2040. The second kappa shape index (κ2) is 14.4. The average molecular weight is 695 g/mol. The van der Waals surface area contributed by atoms with Gasteiger partial charge in [-0.15, -0.1) is 0 Å². The van der Waals surface area contributed by atoms with Crippen LogP contribution in [-0.2, 0) is 28.7 Å². The number of ether oxygens (including phenoxy) is 4. The highest BCUT2D eigenvalue weighted by Crippen LogP contribution is 2.26. The number of rotatable bonds is 10. The lowest BCUT2D eigenvalue weighted by molar-refractivity contribution is -0.143. The molecule has 3 aromatic carbocycles. The molecule has 2 aliphatic heterocycles. The largest absolute Gasteiger partial charge is 0.440 e. The maximum absolute atomic E-state index is 12.8. The lowest BCUT2D eigenvalue weighted by Crippen LogP contribution is -2.34. The number of imide groups is 2. The SMILES string of the molecule is CC1=C(C)C(=O)N(COC(=O)c2ccc(C(=O)Oc3ccc(OC(=O)c4ccc(C(=O)OCN5C(=O)C(C)=C(C)C5=O)cc4)c(C)c3)cc2)C1=O. The van der Waals surface area contributed by atoms with Gasteiger partial charge in [0, 0.05) is 22.3 Å². The van der Waals surface area contributed by atoms with Gasteiger partial charge in [0.15, 0.2) is 13.5 Å². The van der Waals surface area contributed by atoms with E-state index >= 15 is 0 Å². The lowest BCUT2D eigenvalue weighted by atomic mass is 10.1. The average Bonchev–Trinajstić information content (AvgIpc) is 3.43. The predicted octanol–water partition coefficient (Wildman–Crippen LogP) is 4.07. The van der Waals surface area contributed by atoms with Crippen LogP contribution in [0, 0.1) is 6.92 Å². The summed E-state index contributed by atoms with van der Waals surface area (Å²) >= 11 is 0. The van der Waals surface area contributed by atoms with E-state index in [1.807, 2.05) is 0 Å². The van der Waals surface area contributed by atoms with Crippen LogP contribution in [0.5, 0.6) is 11.5 Å². The van der Waals surface area contributed by atoms with E-state index in [2.05, 4.69) is 0 Å². The van der Waals surface area contributed by atoms with E-state index in [1.54, 1.807) is 6.92 Å². The zero-order chi connectivity index (χ0) is 37.1. The minimum absolute atomic E-state index is 0.0828. The summed E-state index contributed by atoms with van der Waals surface area (Å²) in [5.74, 6) is -4.85. The van der Waals surface area contributed by atoms with Crippen molar-refractivity contribution in [2.75, 3.05) is 13.5 Å². The highest BCUT2D eigenvalue weighted by Gasteiger charge is 2.35. The number of nitrogens with zero attached hydrogens (tertiary/aromatic N) is 2. The van der Waals surface area contributed by atoms with Gasteiger partial charge in [0.25, 0.3) is 23.6 Å². The Hall–Kier alpha value is -6.70. The van der Waals surface area contributed by atoms with Crippen LogP contribution in [0.1, 0.15) is 74.7 Å². The van der Waals surface area contributed by atoms with Crippen molar-refractivity contribution < 1.29 is 57.3 Å². The van der Waals surface area contributed by atoms with Gasteiger partial charge in [0.1, 0.15) is 11.5 Å². The molecule has 0 aromatic heterocycles. The number of esters is 4. The predicted molar refractivity (Wildman–Crippen MR) is 175 cm³/mol. The molecule has 0 bridgehead atoms. The highest BCUT2D eigenvalue weighted by molar-refractivity contribution is 6.19. The number of carbonyl (C=O) groups is 8. The monoisotopic (exact) mass is 694 g/mol. The van der Waals surface area contributed by atoms with Crippen LogP contribution in [0.2, 0.25) is 0 Å². The summed E-state index contributed by atoms with van der Waals surface area (Å²) in [6, 6.07) is 15.1. The molecule has 0 saturated carbocycles. The molecule has 2 heterocycles. The van der Waals surface area contributed by atoms with Gasteiger partial charge in [-0.2, -0.15) is 0 Å². The van der Waals surface area contributed by atoms with Crippen LogP contribution < -0.4 is 9.47 Å². The Labute approximate surface area is 290 Å². The Morgan fingerprint density at radius 2 is 0.804 bits per heavy atom. The smallest absolute Gasteiger partial charge is 0.343 e. The van der Waals surface area contributed by atoms with Crippen LogP contribution in [0.3, 0.4) is 0 Å².